The third kappa shape index (κ3) is 4.86. The number of nitrogens with zero attached hydrogens (tertiary/aromatic N) is 2. The maximum absolute atomic E-state index is 14.5. The van der Waals surface area contributed by atoms with Crippen LogP contribution in [0.3, 0.4) is 0 Å². The smallest absolute Gasteiger partial charge is 0.423 e. The third-order valence-electron chi connectivity index (χ3n) is 7.76. The highest BCUT2D eigenvalue weighted by atomic mass is 35.5. The number of aromatic nitrogens is 1. The van der Waals surface area contributed by atoms with Gasteiger partial charge in [-0.15, -0.1) is 0 Å². The molecule has 0 aliphatic carbocycles. The summed E-state index contributed by atoms with van der Waals surface area (Å²) in [5.41, 5.74) is -0.919. The molecular formula is C29H22BCl2F4N3O4. The number of oxime groups is 1. The van der Waals surface area contributed by atoms with Gasteiger partial charge in [0.15, 0.2) is 5.82 Å². The van der Waals surface area contributed by atoms with Crippen molar-refractivity contribution in [1.82, 2.24) is 9.72 Å². The summed E-state index contributed by atoms with van der Waals surface area (Å²) in [6.07, 6.45) is -4.10. The number of amides is 1. The first-order valence-electron chi connectivity index (χ1n) is 13.1. The standard InChI is InChI=1S/C29H22BCl2F4N3O4/c1-27(2)18-7-5-15(10-19(18)30(41)42-27)14-37-26(40)24-8-6-17(23-4-3-9-39(23)24)22-13-28(43-38-22,29(34,35)36)16-11-20(31)25(33)21(32)12-16/h3-12,41H,13-14H2,1-2H3,(H,37,40). The second-order valence-corrected chi connectivity index (χ2v) is 11.7. The summed E-state index contributed by atoms with van der Waals surface area (Å²) in [5.74, 6) is -1.48. The first-order chi connectivity index (χ1) is 20.2. The van der Waals surface area contributed by atoms with Gasteiger partial charge in [0.25, 0.3) is 11.5 Å². The van der Waals surface area contributed by atoms with Crippen molar-refractivity contribution in [3.05, 3.63) is 105 Å². The number of halogens is 6. The molecule has 0 bridgehead atoms. The largest absolute Gasteiger partial charge is 0.492 e. The molecule has 6 rings (SSSR count). The van der Waals surface area contributed by atoms with Crippen LogP contribution in [0.25, 0.3) is 5.52 Å². The minimum atomic E-state index is -4.96. The first-order valence-corrected chi connectivity index (χ1v) is 13.8. The number of nitrogens with one attached hydrogen (secondary N) is 1. The van der Waals surface area contributed by atoms with Crippen molar-refractivity contribution in [1.29, 1.82) is 0 Å². The number of hydrogen-bond donors (Lipinski definition) is 2. The SMILES string of the molecule is CC1(C)OB(O)c2cc(CNC(=O)c3ccc(C4=NOC(c5cc(Cl)c(F)c(Cl)c5)(C(F)(F)F)C4)c4cccn34)ccc21. The maximum atomic E-state index is 14.5. The Bertz CT molecular complexity index is 1800. The Kier molecular flexibility index (Phi) is 7.04. The molecular weight excluding hydrogens is 612 g/mol. The molecule has 43 heavy (non-hydrogen) atoms. The number of pyridine rings is 1. The number of carbonyl (C=O) groups excluding carboxylic acids is 1. The minimum absolute atomic E-state index is 0.0357. The van der Waals surface area contributed by atoms with Crippen molar-refractivity contribution in [2.24, 2.45) is 5.16 Å². The molecule has 0 fully saturated rings. The van der Waals surface area contributed by atoms with Gasteiger partial charge in [0.05, 0.1) is 33.3 Å². The summed E-state index contributed by atoms with van der Waals surface area (Å²) in [5, 5.41) is 15.7. The maximum Gasteiger partial charge on any atom is 0.492 e. The fourth-order valence-electron chi connectivity index (χ4n) is 5.56. The average molecular weight is 634 g/mol. The summed E-state index contributed by atoms with van der Waals surface area (Å²) in [6, 6.07) is 13.4. The zero-order valence-corrected chi connectivity index (χ0v) is 24.1. The molecule has 2 aliphatic rings. The fraction of sp³-hybridized carbons (Fsp3) is 0.241. The predicted molar refractivity (Wildman–Crippen MR) is 153 cm³/mol. The van der Waals surface area contributed by atoms with E-state index in [1.807, 2.05) is 26.0 Å². The van der Waals surface area contributed by atoms with Crippen molar-refractivity contribution in [3.8, 4) is 0 Å². The van der Waals surface area contributed by atoms with Gasteiger partial charge >= 0.3 is 13.3 Å². The monoisotopic (exact) mass is 633 g/mol. The Morgan fingerprint density at radius 2 is 1.86 bits per heavy atom. The Labute approximate surface area is 253 Å². The van der Waals surface area contributed by atoms with Gasteiger partial charge in [-0.1, -0.05) is 46.6 Å². The van der Waals surface area contributed by atoms with Crippen LogP contribution in [0.4, 0.5) is 17.6 Å². The highest BCUT2D eigenvalue weighted by molar-refractivity contribution is 6.62. The first kappa shape index (κ1) is 29.5. The molecule has 222 valence electrons. The molecule has 0 spiro atoms. The van der Waals surface area contributed by atoms with Gasteiger partial charge < -0.3 is 24.2 Å². The van der Waals surface area contributed by atoms with Crippen LogP contribution in [0.2, 0.25) is 10.0 Å². The lowest BCUT2D eigenvalue weighted by molar-refractivity contribution is -0.275. The van der Waals surface area contributed by atoms with E-state index >= 15 is 0 Å². The molecule has 1 unspecified atom stereocenters. The van der Waals surface area contributed by atoms with Gasteiger partial charge in [0, 0.05) is 23.9 Å². The van der Waals surface area contributed by atoms with Gasteiger partial charge in [-0.05, 0) is 66.8 Å². The van der Waals surface area contributed by atoms with Crippen molar-refractivity contribution < 1.29 is 36.9 Å². The number of hydrogen-bond acceptors (Lipinski definition) is 5. The molecule has 0 radical (unpaired) electrons. The van der Waals surface area contributed by atoms with Crippen LogP contribution in [0.15, 0.2) is 65.9 Å². The summed E-state index contributed by atoms with van der Waals surface area (Å²) < 4.78 is 64.5. The number of carbonyl (C=O) groups is 1. The lowest BCUT2D eigenvalue weighted by Gasteiger charge is -2.29. The van der Waals surface area contributed by atoms with Crippen LogP contribution >= 0.6 is 23.2 Å². The Morgan fingerprint density at radius 1 is 1.14 bits per heavy atom. The predicted octanol–water partition coefficient (Wildman–Crippen LogP) is 5.85. The van der Waals surface area contributed by atoms with Crippen molar-refractivity contribution in [3.63, 3.8) is 0 Å². The van der Waals surface area contributed by atoms with Crippen LogP contribution in [-0.4, -0.2) is 34.3 Å². The zero-order valence-electron chi connectivity index (χ0n) is 22.6. The van der Waals surface area contributed by atoms with E-state index in [2.05, 4.69) is 10.5 Å². The van der Waals surface area contributed by atoms with E-state index in [0.29, 0.717) is 16.5 Å². The van der Waals surface area contributed by atoms with Crippen LogP contribution in [0.5, 0.6) is 0 Å². The molecule has 1 atom stereocenters. The molecule has 1 amide bonds. The lowest BCUT2D eigenvalue weighted by Crippen LogP contribution is -2.42. The van der Waals surface area contributed by atoms with Crippen LogP contribution in [-0.2, 0) is 27.2 Å². The number of rotatable bonds is 5. The Hall–Kier alpha value is -3.58. The van der Waals surface area contributed by atoms with Gasteiger partial charge in [-0.3, -0.25) is 4.79 Å². The number of fused-ring (bicyclic) bond motifs is 2. The van der Waals surface area contributed by atoms with E-state index in [1.54, 1.807) is 24.4 Å². The second kappa shape index (κ2) is 10.3. The van der Waals surface area contributed by atoms with Crippen LogP contribution < -0.4 is 10.8 Å². The van der Waals surface area contributed by atoms with Crippen molar-refractivity contribution in [2.75, 3.05) is 0 Å². The molecule has 4 heterocycles. The van der Waals surface area contributed by atoms with E-state index in [0.717, 1.165) is 23.3 Å². The molecule has 0 saturated heterocycles. The van der Waals surface area contributed by atoms with Gasteiger partial charge in [-0.25, -0.2) is 4.39 Å². The summed E-state index contributed by atoms with van der Waals surface area (Å²) in [4.78, 5) is 18.3. The van der Waals surface area contributed by atoms with E-state index in [4.69, 9.17) is 32.7 Å². The van der Waals surface area contributed by atoms with Crippen molar-refractivity contribution in [2.45, 2.75) is 44.2 Å². The molecule has 0 saturated carbocycles. The van der Waals surface area contributed by atoms with Crippen LogP contribution in [0.1, 0.15) is 53.0 Å². The minimum Gasteiger partial charge on any atom is -0.423 e. The van der Waals surface area contributed by atoms with Crippen molar-refractivity contribution >= 4 is 52.9 Å². The summed E-state index contributed by atoms with van der Waals surface area (Å²) in [7, 11) is -1.07. The molecule has 4 aromatic rings. The fourth-order valence-corrected chi connectivity index (χ4v) is 6.05. The lowest BCUT2D eigenvalue weighted by atomic mass is 9.77. The quantitative estimate of drug-likeness (QED) is 0.164. The highest BCUT2D eigenvalue weighted by Gasteiger charge is 2.62. The molecule has 14 heteroatoms. The number of alkyl halides is 3. The van der Waals surface area contributed by atoms with Gasteiger partial charge in [0.1, 0.15) is 5.69 Å². The average Bonchev–Trinajstić information content (AvgIpc) is 3.66. The normalized spacial score (nSPS) is 19.4. The summed E-state index contributed by atoms with van der Waals surface area (Å²) in [6.45, 7) is 3.87. The van der Waals surface area contributed by atoms with Crippen LogP contribution in [0, 0.1) is 5.82 Å². The Morgan fingerprint density at radius 3 is 2.56 bits per heavy atom. The zero-order chi connectivity index (χ0) is 30.9. The Balaban J connectivity index is 1.26. The summed E-state index contributed by atoms with van der Waals surface area (Å²) >= 11 is 11.6. The second-order valence-electron chi connectivity index (χ2n) is 10.9. The topological polar surface area (TPSA) is 84.6 Å². The van der Waals surface area contributed by atoms with E-state index in [-0.39, 0.29) is 18.0 Å². The molecule has 2 aromatic heterocycles. The van der Waals surface area contributed by atoms with E-state index < -0.39 is 58.3 Å². The van der Waals surface area contributed by atoms with E-state index in [9.17, 15) is 27.4 Å². The van der Waals surface area contributed by atoms with E-state index in [1.165, 1.54) is 16.5 Å². The molecule has 2 N–H and O–H groups in total. The molecule has 7 nitrogen and oxygen atoms in total. The highest BCUT2D eigenvalue weighted by Crippen LogP contribution is 2.50. The number of benzene rings is 2. The molecule has 2 aromatic carbocycles. The van der Waals surface area contributed by atoms with Gasteiger partial charge in [-0.2, -0.15) is 13.2 Å². The molecule has 2 aliphatic heterocycles. The third-order valence-corrected chi connectivity index (χ3v) is 8.31. The van der Waals surface area contributed by atoms with Gasteiger partial charge in [0.2, 0.25) is 0 Å².